The molecule has 1 aromatic rings. The molecule has 0 spiro atoms. The smallest absolute Gasteiger partial charge is 0.407 e. The van der Waals surface area contributed by atoms with Crippen LogP contribution in [0.3, 0.4) is 0 Å². The van der Waals surface area contributed by atoms with Crippen LogP contribution in [-0.2, 0) is 16.0 Å². The van der Waals surface area contributed by atoms with Crippen molar-refractivity contribution in [1.29, 1.82) is 0 Å². The van der Waals surface area contributed by atoms with Crippen LogP contribution in [0.25, 0.3) is 0 Å². The summed E-state index contributed by atoms with van der Waals surface area (Å²) < 4.78 is 10.6. The van der Waals surface area contributed by atoms with Crippen molar-refractivity contribution in [3.63, 3.8) is 0 Å². The molecule has 0 saturated carbocycles. The van der Waals surface area contributed by atoms with Gasteiger partial charge in [-0.05, 0) is 45.2 Å². The van der Waals surface area contributed by atoms with Crippen LogP contribution in [-0.4, -0.2) is 30.9 Å². The Morgan fingerprint density at radius 1 is 1.27 bits per heavy atom. The molecule has 0 radical (unpaired) electrons. The van der Waals surface area contributed by atoms with E-state index < -0.39 is 11.7 Å². The molecule has 0 unspecified atom stereocenters. The lowest BCUT2D eigenvalue weighted by molar-refractivity contribution is 0.0523. The van der Waals surface area contributed by atoms with Crippen LogP contribution in [0.15, 0.2) is 24.3 Å². The van der Waals surface area contributed by atoms with Gasteiger partial charge in [-0.1, -0.05) is 18.2 Å². The molecule has 1 amide bonds. The average molecular weight is 306 g/mol. The molecule has 122 valence electrons. The van der Waals surface area contributed by atoms with Gasteiger partial charge in [0.2, 0.25) is 0 Å². The molecule has 22 heavy (non-hydrogen) atoms. The van der Waals surface area contributed by atoms with Crippen molar-refractivity contribution in [2.75, 3.05) is 18.5 Å². The average Bonchev–Trinajstić information content (AvgIpc) is 2.46. The number of carbonyl (C=O) groups is 1. The van der Waals surface area contributed by atoms with E-state index in [0.717, 1.165) is 37.3 Å². The Bertz CT molecular complexity index is 491. The van der Waals surface area contributed by atoms with Crippen LogP contribution in [0.4, 0.5) is 10.5 Å². The number of hydrogen-bond donors (Lipinski definition) is 2. The second-order valence-corrected chi connectivity index (χ2v) is 6.54. The SMILES string of the molecule is CC(C)(C)OC(=O)NCc1ccccc1NC1CCOCC1. The summed E-state index contributed by atoms with van der Waals surface area (Å²) in [4.78, 5) is 11.8. The van der Waals surface area contributed by atoms with E-state index in [0.29, 0.717) is 12.6 Å². The molecule has 1 fully saturated rings. The first-order chi connectivity index (χ1) is 10.4. The molecule has 1 aliphatic heterocycles. The molecule has 2 rings (SSSR count). The zero-order valence-corrected chi connectivity index (χ0v) is 13.6. The number of nitrogens with one attached hydrogen (secondary N) is 2. The molecule has 5 heteroatoms. The predicted molar refractivity (Wildman–Crippen MR) is 87.0 cm³/mol. The van der Waals surface area contributed by atoms with Gasteiger partial charge in [0.05, 0.1) is 0 Å². The second kappa shape index (κ2) is 7.49. The molecule has 1 heterocycles. The molecule has 0 aromatic heterocycles. The summed E-state index contributed by atoms with van der Waals surface area (Å²) in [6.45, 7) is 7.61. The van der Waals surface area contributed by atoms with Crippen molar-refractivity contribution in [2.24, 2.45) is 0 Å². The van der Waals surface area contributed by atoms with E-state index in [4.69, 9.17) is 9.47 Å². The fourth-order valence-corrected chi connectivity index (χ4v) is 2.36. The summed E-state index contributed by atoms with van der Waals surface area (Å²) in [6.07, 6.45) is 1.62. The maximum atomic E-state index is 11.8. The van der Waals surface area contributed by atoms with E-state index in [1.165, 1.54) is 0 Å². The molecule has 2 N–H and O–H groups in total. The Balaban J connectivity index is 1.91. The number of alkyl carbamates (subject to hydrolysis) is 1. The first-order valence-corrected chi connectivity index (χ1v) is 7.83. The highest BCUT2D eigenvalue weighted by atomic mass is 16.6. The fraction of sp³-hybridized carbons (Fsp3) is 0.588. The van der Waals surface area contributed by atoms with Crippen LogP contribution < -0.4 is 10.6 Å². The molecule has 1 aliphatic rings. The maximum Gasteiger partial charge on any atom is 0.407 e. The van der Waals surface area contributed by atoms with Gasteiger partial charge in [0.15, 0.2) is 0 Å². The molecule has 0 aliphatic carbocycles. The quantitative estimate of drug-likeness (QED) is 0.896. The Morgan fingerprint density at radius 3 is 2.64 bits per heavy atom. The molecular formula is C17H26N2O3. The number of hydrogen-bond acceptors (Lipinski definition) is 4. The highest BCUT2D eigenvalue weighted by molar-refractivity contribution is 5.68. The normalized spacial score (nSPS) is 16.1. The molecule has 1 saturated heterocycles. The first-order valence-electron chi connectivity index (χ1n) is 7.83. The van der Waals surface area contributed by atoms with E-state index in [1.54, 1.807) is 0 Å². The lowest BCUT2D eigenvalue weighted by Crippen LogP contribution is -2.32. The lowest BCUT2D eigenvalue weighted by Gasteiger charge is -2.25. The summed E-state index contributed by atoms with van der Waals surface area (Å²) in [7, 11) is 0. The largest absolute Gasteiger partial charge is 0.444 e. The van der Waals surface area contributed by atoms with Gasteiger partial charge in [-0.15, -0.1) is 0 Å². The zero-order chi connectivity index (χ0) is 16.0. The van der Waals surface area contributed by atoms with Gasteiger partial charge < -0.3 is 20.1 Å². The van der Waals surface area contributed by atoms with Gasteiger partial charge in [-0.25, -0.2) is 4.79 Å². The van der Waals surface area contributed by atoms with Crippen molar-refractivity contribution >= 4 is 11.8 Å². The molecule has 5 nitrogen and oxygen atoms in total. The van der Waals surface area contributed by atoms with Gasteiger partial charge in [0, 0.05) is 31.5 Å². The minimum absolute atomic E-state index is 0.395. The van der Waals surface area contributed by atoms with Crippen LogP contribution >= 0.6 is 0 Å². The van der Waals surface area contributed by atoms with Crippen molar-refractivity contribution in [3.8, 4) is 0 Å². The number of anilines is 1. The Kier molecular flexibility index (Phi) is 5.66. The predicted octanol–water partition coefficient (Wildman–Crippen LogP) is 3.30. The molecule has 0 atom stereocenters. The number of carbonyl (C=O) groups excluding carboxylic acids is 1. The molecular weight excluding hydrogens is 280 g/mol. The summed E-state index contributed by atoms with van der Waals surface area (Å²) in [5.41, 5.74) is 1.63. The monoisotopic (exact) mass is 306 g/mol. The van der Waals surface area contributed by atoms with Crippen LogP contribution in [0.5, 0.6) is 0 Å². The Morgan fingerprint density at radius 2 is 1.95 bits per heavy atom. The Hall–Kier alpha value is -1.75. The lowest BCUT2D eigenvalue weighted by atomic mass is 10.1. The van der Waals surface area contributed by atoms with Crippen LogP contribution in [0.1, 0.15) is 39.2 Å². The van der Waals surface area contributed by atoms with Crippen LogP contribution in [0.2, 0.25) is 0 Å². The summed E-state index contributed by atoms with van der Waals surface area (Å²) >= 11 is 0. The van der Waals surface area contributed by atoms with Crippen LogP contribution in [0, 0.1) is 0 Å². The number of rotatable bonds is 4. The first kappa shape index (κ1) is 16.6. The maximum absolute atomic E-state index is 11.8. The third-order valence-electron chi connectivity index (χ3n) is 3.42. The van der Waals surface area contributed by atoms with Gasteiger partial charge >= 0.3 is 6.09 Å². The zero-order valence-electron chi connectivity index (χ0n) is 13.6. The summed E-state index contributed by atoms with van der Waals surface area (Å²) in [5.74, 6) is 0. The Labute approximate surface area is 132 Å². The number of ether oxygens (including phenoxy) is 2. The van der Waals surface area contributed by atoms with Gasteiger partial charge in [0.1, 0.15) is 5.60 Å². The van der Waals surface area contributed by atoms with Crippen molar-refractivity contribution in [3.05, 3.63) is 29.8 Å². The number of amides is 1. The fourth-order valence-electron chi connectivity index (χ4n) is 2.36. The summed E-state index contributed by atoms with van der Waals surface area (Å²) in [5, 5.41) is 6.36. The van der Waals surface area contributed by atoms with E-state index in [-0.39, 0.29) is 0 Å². The van der Waals surface area contributed by atoms with Crippen molar-refractivity contribution in [1.82, 2.24) is 5.32 Å². The van der Waals surface area contributed by atoms with E-state index >= 15 is 0 Å². The summed E-state index contributed by atoms with van der Waals surface area (Å²) in [6, 6.07) is 8.46. The highest BCUT2D eigenvalue weighted by Crippen LogP contribution is 2.19. The number of benzene rings is 1. The minimum atomic E-state index is -0.482. The van der Waals surface area contributed by atoms with E-state index in [9.17, 15) is 4.79 Å². The van der Waals surface area contributed by atoms with Gasteiger partial charge in [-0.3, -0.25) is 0 Å². The minimum Gasteiger partial charge on any atom is -0.444 e. The van der Waals surface area contributed by atoms with Crippen molar-refractivity contribution in [2.45, 2.75) is 51.8 Å². The highest BCUT2D eigenvalue weighted by Gasteiger charge is 2.17. The van der Waals surface area contributed by atoms with Gasteiger partial charge in [-0.2, -0.15) is 0 Å². The number of para-hydroxylation sites is 1. The molecule has 1 aromatic carbocycles. The molecule has 0 bridgehead atoms. The third-order valence-corrected chi connectivity index (χ3v) is 3.42. The second-order valence-electron chi connectivity index (χ2n) is 6.54. The van der Waals surface area contributed by atoms with E-state index in [2.05, 4.69) is 10.6 Å². The third kappa shape index (κ3) is 5.56. The van der Waals surface area contributed by atoms with Crippen molar-refractivity contribution < 1.29 is 14.3 Å². The standard InChI is InChI=1S/C17H26N2O3/c1-17(2,3)22-16(20)18-12-13-6-4-5-7-15(13)19-14-8-10-21-11-9-14/h4-7,14,19H,8-12H2,1-3H3,(H,18,20). The topological polar surface area (TPSA) is 59.6 Å². The van der Waals surface area contributed by atoms with E-state index in [1.807, 2.05) is 45.0 Å². The van der Waals surface area contributed by atoms with Gasteiger partial charge in [0.25, 0.3) is 0 Å².